The van der Waals surface area contributed by atoms with Crippen LogP contribution in [-0.2, 0) is 13.7 Å². The van der Waals surface area contributed by atoms with Gasteiger partial charge in [-0.05, 0) is 6.20 Å². The second-order valence-electron chi connectivity index (χ2n) is 2.87. The molecule has 0 unspecified atom stereocenters. The third kappa shape index (κ3) is 1.12. The van der Waals surface area contributed by atoms with Gasteiger partial charge < -0.3 is 9.67 Å². The lowest BCUT2D eigenvalue weighted by Gasteiger charge is -1.98. The van der Waals surface area contributed by atoms with Gasteiger partial charge in [0.2, 0.25) is 0 Å². The van der Waals surface area contributed by atoms with Gasteiger partial charge in [0.25, 0.3) is 0 Å². The first-order chi connectivity index (χ1) is 6.24. The van der Waals surface area contributed by atoms with Crippen LogP contribution in [0.25, 0.3) is 11.0 Å². The fraction of sp³-hybridized carbons (Fsp3) is 0.250. The molecule has 0 aliphatic heterocycles. The highest BCUT2D eigenvalue weighted by Crippen LogP contribution is 2.11. The Morgan fingerprint density at radius 3 is 3.00 bits per heavy atom. The van der Waals surface area contributed by atoms with E-state index in [2.05, 4.69) is 9.97 Å². The Morgan fingerprint density at radius 1 is 1.54 bits per heavy atom. The van der Waals surface area contributed by atoms with E-state index in [1.807, 2.05) is 11.6 Å². The zero-order valence-corrected chi connectivity index (χ0v) is 7.23. The van der Waals surface area contributed by atoms with Crippen molar-refractivity contribution in [1.82, 2.24) is 14.5 Å². The first kappa shape index (κ1) is 8.25. The molecular formula is C8H8BN3O. The summed E-state index contributed by atoms with van der Waals surface area (Å²) < 4.78 is 1.81. The van der Waals surface area contributed by atoms with E-state index in [1.165, 1.54) is 6.33 Å². The molecule has 0 aliphatic rings. The molecule has 0 amide bonds. The predicted octanol–water partition coefficient (Wildman–Crippen LogP) is -0.746. The summed E-state index contributed by atoms with van der Waals surface area (Å²) in [5, 5.41) is 9.76. The number of rotatable bonds is 1. The molecule has 0 aromatic carbocycles. The molecule has 0 atom stereocenters. The highest BCUT2D eigenvalue weighted by Gasteiger charge is 2.08. The van der Waals surface area contributed by atoms with Gasteiger partial charge in [-0.25, -0.2) is 9.97 Å². The predicted molar refractivity (Wildman–Crippen MR) is 49.8 cm³/mol. The molecule has 13 heavy (non-hydrogen) atoms. The quantitative estimate of drug-likeness (QED) is 0.577. The monoisotopic (exact) mass is 173 g/mol. The van der Waals surface area contributed by atoms with Crippen molar-refractivity contribution in [3.8, 4) is 0 Å². The lowest BCUT2D eigenvalue weighted by atomic mass is 9.96. The van der Waals surface area contributed by atoms with Crippen LogP contribution < -0.4 is 5.46 Å². The van der Waals surface area contributed by atoms with Crippen LogP contribution in [0.1, 0.15) is 5.69 Å². The van der Waals surface area contributed by atoms with Crippen LogP contribution in [-0.4, -0.2) is 27.5 Å². The van der Waals surface area contributed by atoms with E-state index in [-0.39, 0.29) is 6.61 Å². The molecule has 64 valence electrons. The number of nitrogens with zero attached hydrogens (tertiary/aromatic N) is 3. The van der Waals surface area contributed by atoms with Crippen molar-refractivity contribution in [2.45, 2.75) is 6.61 Å². The number of fused-ring (bicyclic) bond motifs is 1. The highest BCUT2D eigenvalue weighted by molar-refractivity contribution is 6.38. The number of aliphatic hydroxyl groups is 1. The fourth-order valence-electron chi connectivity index (χ4n) is 1.43. The van der Waals surface area contributed by atoms with E-state index in [0.29, 0.717) is 11.2 Å². The van der Waals surface area contributed by atoms with Crippen LogP contribution in [0.2, 0.25) is 0 Å². The summed E-state index contributed by atoms with van der Waals surface area (Å²) in [4.78, 5) is 8.02. The number of hydrogen-bond acceptors (Lipinski definition) is 3. The molecular weight excluding hydrogens is 165 g/mol. The van der Waals surface area contributed by atoms with Crippen LogP contribution in [0.5, 0.6) is 0 Å². The SMILES string of the molecule is [B]c1cn(C)c2ncnc(CO)c12. The summed E-state index contributed by atoms with van der Waals surface area (Å²) in [6.07, 6.45) is 3.19. The van der Waals surface area contributed by atoms with Crippen molar-refractivity contribution >= 4 is 24.3 Å². The van der Waals surface area contributed by atoms with E-state index in [9.17, 15) is 0 Å². The molecule has 0 saturated heterocycles. The van der Waals surface area contributed by atoms with Gasteiger partial charge in [-0.3, -0.25) is 0 Å². The summed E-state index contributed by atoms with van der Waals surface area (Å²) in [5.74, 6) is 0. The summed E-state index contributed by atoms with van der Waals surface area (Å²) >= 11 is 0. The Bertz CT molecular complexity index is 452. The van der Waals surface area contributed by atoms with Gasteiger partial charge in [0.1, 0.15) is 19.8 Å². The summed E-state index contributed by atoms with van der Waals surface area (Å²) in [6.45, 7) is -0.118. The molecule has 0 fully saturated rings. The normalized spacial score (nSPS) is 10.9. The van der Waals surface area contributed by atoms with E-state index in [4.69, 9.17) is 13.0 Å². The van der Waals surface area contributed by atoms with Gasteiger partial charge in [0.05, 0.1) is 12.3 Å². The molecule has 0 spiro atoms. The number of aryl methyl sites for hydroxylation is 1. The number of aromatic nitrogens is 3. The standard InChI is InChI=1S/C8H8BN3O/c1-12-2-5(9)7-6(3-13)10-4-11-8(7)12/h2,4,13H,3H2,1H3. The van der Waals surface area contributed by atoms with Crippen molar-refractivity contribution in [1.29, 1.82) is 0 Å². The van der Waals surface area contributed by atoms with Crippen LogP contribution in [0.3, 0.4) is 0 Å². The Hall–Kier alpha value is -1.36. The van der Waals surface area contributed by atoms with Crippen molar-refractivity contribution in [2.75, 3.05) is 0 Å². The van der Waals surface area contributed by atoms with Crippen molar-refractivity contribution in [2.24, 2.45) is 7.05 Å². The Kier molecular flexibility index (Phi) is 1.81. The van der Waals surface area contributed by atoms with E-state index in [1.54, 1.807) is 6.20 Å². The number of aliphatic hydroxyl groups excluding tert-OH is 1. The molecule has 1 N–H and O–H groups in total. The molecule has 0 bridgehead atoms. The third-order valence-electron chi connectivity index (χ3n) is 2.01. The van der Waals surface area contributed by atoms with Crippen molar-refractivity contribution in [3.05, 3.63) is 18.2 Å². The average molecular weight is 173 g/mol. The van der Waals surface area contributed by atoms with E-state index < -0.39 is 0 Å². The second kappa shape index (κ2) is 2.85. The maximum absolute atomic E-state index is 9.01. The molecule has 2 radical (unpaired) electrons. The van der Waals surface area contributed by atoms with Gasteiger partial charge in [0.15, 0.2) is 0 Å². The molecule has 2 aromatic heterocycles. The highest BCUT2D eigenvalue weighted by atomic mass is 16.3. The molecule has 4 nitrogen and oxygen atoms in total. The van der Waals surface area contributed by atoms with Crippen LogP contribution >= 0.6 is 0 Å². The topological polar surface area (TPSA) is 50.9 Å². The maximum atomic E-state index is 9.01. The van der Waals surface area contributed by atoms with Crippen LogP contribution in [0, 0.1) is 0 Å². The zero-order chi connectivity index (χ0) is 9.42. The lowest BCUT2D eigenvalue weighted by molar-refractivity contribution is 0.278. The molecule has 0 aliphatic carbocycles. The number of hydrogen-bond donors (Lipinski definition) is 1. The van der Waals surface area contributed by atoms with Crippen LogP contribution in [0.4, 0.5) is 0 Å². The van der Waals surface area contributed by atoms with Gasteiger partial charge in [-0.15, -0.1) is 0 Å². The van der Waals surface area contributed by atoms with E-state index >= 15 is 0 Å². The first-order valence-electron chi connectivity index (χ1n) is 3.89. The van der Waals surface area contributed by atoms with Crippen LogP contribution in [0.15, 0.2) is 12.5 Å². The molecule has 2 rings (SSSR count). The van der Waals surface area contributed by atoms with Gasteiger partial charge in [-0.2, -0.15) is 0 Å². The Morgan fingerprint density at radius 2 is 2.31 bits per heavy atom. The van der Waals surface area contributed by atoms with E-state index in [0.717, 1.165) is 11.0 Å². The van der Waals surface area contributed by atoms with Crippen molar-refractivity contribution in [3.63, 3.8) is 0 Å². The van der Waals surface area contributed by atoms with Gasteiger partial charge in [0, 0.05) is 12.4 Å². The molecule has 0 saturated carbocycles. The molecule has 2 aromatic rings. The Labute approximate surface area is 76.6 Å². The largest absolute Gasteiger partial charge is 0.390 e. The van der Waals surface area contributed by atoms with Gasteiger partial charge >= 0.3 is 0 Å². The summed E-state index contributed by atoms with van der Waals surface area (Å²) in [6, 6.07) is 0. The summed E-state index contributed by atoms with van der Waals surface area (Å²) in [7, 11) is 7.60. The maximum Gasteiger partial charge on any atom is 0.142 e. The lowest BCUT2D eigenvalue weighted by Crippen LogP contribution is -2.03. The van der Waals surface area contributed by atoms with Gasteiger partial charge in [-0.1, -0.05) is 5.46 Å². The second-order valence-corrected chi connectivity index (χ2v) is 2.87. The molecule has 5 heteroatoms. The molecule has 2 heterocycles. The minimum Gasteiger partial charge on any atom is -0.390 e. The minimum absolute atomic E-state index is 0.118. The zero-order valence-electron chi connectivity index (χ0n) is 7.23. The van der Waals surface area contributed by atoms with Crippen molar-refractivity contribution < 1.29 is 5.11 Å². The first-order valence-corrected chi connectivity index (χ1v) is 3.89. The Balaban J connectivity index is 2.88. The summed E-state index contributed by atoms with van der Waals surface area (Å²) in [5.41, 5.74) is 1.92. The smallest absolute Gasteiger partial charge is 0.142 e. The average Bonchev–Trinajstić information content (AvgIpc) is 2.43. The third-order valence-corrected chi connectivity index (χ3v) is 2.01. The minimum atomic E-state index is -0.118. The fourth-order valence-corrected chi connectivity index (χ4v) is 1.43.